The van der Waals surface area contributed by atoms with Gasteiger partial charge in [-0.3, -0.25) is 19.2 Å². The van der Waals surface area contributed by atoms with Gasteiger partial charge in [-0.2, -0.15) is 5.10 Å². The normalized spacial score (nSPS) is 19.6. The molecule has 158 valence electrons. The van der Waals surface area contributed by atoms with Crippen LogP contribution in [0, 0.1) is 5.92 Å². The Bertz CT molecular complexity index is 799. The number of aromatic nitrogens is 2. The van der Waals surface area contributed by atoms with Crippen molar-refractivity contribution < 1.29 is 14.0 Å². The van der Waals surface area contributed by atoms with E-state index in [-0.39, 0.29) is 23.9 Å². The zero-order chi connectivity index (χ0) is 20.8. The van der Waals surface area contributed by atoms with Gasteiger partial charge in [0.25, 0.3) is 5.91 Å². The summed E-state index contributed by atoms with van der Waals surface area (Å²) in [6, 6.07) is 5.77. The molecule has 0 saturated carbocycles. The topological polar surface area (TPSA) is 92.4 Å². The first-order chi connectivity index (χ1) is 13.9. The Hall–Kier alpha value is -2.61. The van der Waals surface area contributed by atoms with Gasteiger partial charge in [0.05, 0.1) is 6.54 Å². The summed E-state index contributed by atoms with van der Waals surface area (Å²) < 4.78 is 7.38. The molecule has 8 heteroatoms. The maximum Gasteiger partial charge on any atom is 0.287 e. The molecule has 2 N–H and O–H groups in total. The Balaban J connectivity index is 1.43. The van der Waals surface area contributed by atoms with Gasteiger partial charge in [-0.1, -0.05) is 13.8 Å². The predicted molar refractivity (Wildman–Crippen MR) is 109 cm³/mol. The summed E-state index contributed by atoms with van der Waals surface area (Å²) in [4.78, 5) is 26.7. The first-order valence-electron chi connectivity index (χ1n) is 10.3. The van der Waals surface area contributed by atoms with Crippen molar-refractivity contribution in [3.8, 4) is 0 Å². The van der Waals surface area contributed by atoms with Crippen molar-refractivity contribution in [1.82, 2.24) is 25.3 Å². The van der Waals surface area contributed by atoms with E-state index < -0.39 is 0 Å². The molecular formula is C21H31N5O3. The number of hydrogen-bond acceptors (Lipinski definition) is 5. The van der Waals surface area contributed by atoms with Crippen molar-refractivity contribution in [2.45, 2.75) is 51.7 Å². The standard InChI is InChI=1S/C21H31N5O3/c1-15(2)12-22-20(27)11-16-5-6-17(25(16)3)13-23-21(28)19-8-7-18(29-19)14-26-10-4-9-24-26/h4,7-10,15-17H,5-6,11-14H2,1-3H3,(H,22,27)(H,23,28)/t16-,17+/m1/s1. The summed E-state index contributed by atoms with van der Waals surface area (Å²) in [7, 11) is 2.03. The van der Waals surface area contributed by atoms with Gasteiger partial charge in [0.15, 0.2) is 5.76 Å². The summed E-state index contributed by atoms with van der Waals surface area (Å²) in [6.45, 7) is 5.90. The van der Waals surface area contributed by atoms with Gasteiger partial charge in [0.2, 0.25) is 5.91 Å². The minimum absolute atomic E-state index is 0.0977. The smallest absolute Gasteiger partial charge is 0.287 e. The van der Waals surface area contributed by atoms with Crippen molar-refractivity contribution >= 4 is 11.8 Å². The number of hydrogen-bond donors (Lipinski definition) is 2. The highest BCUT2D eigenvalue weighted by Gasteiger charge is 2.32. The lowest BCUT2D eigenvalue weighted by Gasteiger charge is -2.25. The fourth-order valence-corrected chi connectivity index (χ4v) is 3.62. The highest BCUT2D eigenvalue weighted by atomic mass is 16.4. The third-order valence-electron chi connectivity index (χ3n) is 5.37. The number of carbonyl (C=O) groups is 2. The lowest BCUT2D eigenvalue weighted by atomic mass is 10.1. The molecule has 2 amide bonds. The molecule has 0 unspecified atom stereocenters. The quantitative estimate of drug-likeness (QED) is 0.669. The van der Waals surface area contributed by atoms with E-state index in [0.717, 1.165) is 12.8 Å². The van der Waals surface area contributed by atoms with E-state index in [4.69, 9.17) is 4.42 Å². The SMILES string of the molecule is CC(C)CNC(=O)C[C@H]1CC[C@@H](CNC(=O)c2ccc(Cn3cccn3)o2)N1C. The molecule has 2 atom stereocenters. The maximum absolute atomic E-state index is 12.4. The molecule has 0 aliphatic carbocycles. The molecule has 1 aliphatic rings. The van der Waals surface area contributed by atoms with E-state index in [1.54, 1.807) is 23.0 Å². The van der Waals surface area contributed by atoms with Crippen LogP contribution in [0.4, 0.5) is 0 Å². The van der Waals surface area contributed by atoms with Crippen molar-refractivity contribution in [2.24, 2.45) is 5.92 Å². The molecule has 29 heavy (non-hydrogen) atoms. The third kappa shape index (κ3) is 5.93. The summed E-state index contributed by atoms with van der Waals surface area (Å²) in [6.07, 6.45) is 5.97. The fourth-order valence-electron chi connectivity index (χ4n) is 3.62. The van der Waals surface area contributed by atoms with Gasteiger partial charge in [-0.05, 0) is 44.0 Å². The number of rotatable bonds is 9. The molecular weight excluding hydrogens is 370 g/mol. The predicted octanol–water partition coefficient (Wildman–Crippen LogP) is 1.88. The van der Waals surface area contributed by atoms with Gasteiger partial charge in [0.1, 0.15) is 5.76 Å². The largest absolute Gasteiger partial charge is 0.454 e. The monoisotopic (exact) mass is 401 g/mol. The first-order valence-corrected chi connectivity index (χ1v) is 10.3. The van der Waals surface area contributed by atoms with Crippen LogP contribution in [0.15, 0.2) is 35.0 Å². The molecule has 0 aromatic carbocycles. The number of carbonyl (C=O) groups excluding carboxylic acids is 2. The number of nitrogens with one attached hydrogen (secondary N) is 2. The Kier molecular flexibility index (Phi) is 7.09. The van der Waals surface area contributed by atoms with Gasteiger partial charge >= 0.3 is 0 Å². The Labute approximate surface area is 171 Å². The third-order valence-corrected chi connectivity index (χ3v) is 5.37. The zero-order valence-corrected chi connectivity index (χ0v) is 17.4. The maximum atomic E-state index is 12.4. The van der Waals surface area contributed by atoms with Crippen LogP contribution in [-0.2, 0) is 11.3 Å². The highest BCUT2D eigenvalue weighted by molar-refractivity contribution is 5.91. The number of nitrogens with zero attached hydrogens (tertiary/aromatic N) is 3. The van der Waals surface area contributed by atoms with E-state index in [1.165, 1.54) is 0 Å². The van der Waals surface area contributed by atoms with Crippen LogP contribution in [-0.4, -0.2) is 58.7 Å². The molecule has 0 radical (unpaired) electrons. The summed E-state index contributed by atoms with van der Waals surface area (Å²) >= 11 is 0. The van der Waals surface area contributed by atoms with E-state index in [1.807, 2.05) is 19.3 Å². The average Bonchev–Trinajstić information content (AvgIpc) is 3.43. The van der Waals surface area contributed by atoms with Crippen LogP contribution in [0.3, 0.4) is 0 Å². The molecule has 2 aromatic heterocycles. The molecule has 3 rings (SSSR count). The fraction of sp³-hybridized carbons (Fsp3) is 0.571. The molecule has 3 heterocycles. The molecule has 2 aromatic rings. The van der Waals surface area contributed by atoms with Crippen LogP contribution in [0.5, 0.6) is 0 Å². The second-order valence-corrected chi connectivity index (χ2v) is 8.13. The average molecular weight is 402 g/mol. The molecule has 0 spiro atoms. The molecule has 0 bridgehead atoms. The Morgan fingerprint density at radius 2 is 2.03 bits per heavy atom. The van der Waals surface area contributed by atoms with E-state index >= 15 is 0 Å². The summed E-state index contributed by atoms with van der Waals surface area (Å²) in [5.41, 5.74) is 0. The van der Waals surface area contributed by atoms with Crippen LogP contribution in [0.2, 0.25) is 0 Å². The van der Waals surface area contributed by atoms with Crippen molar-refractivity contribution in [2.75, 3.05) is 20.1 Å². The van der Waals surface area contributed by atoms with E-state index in [2.05, 4.69) is 34.5 Å². The molecule has 1 saturated heterocycles. The minimum Gasteiger partial charge on any atom is -0.454 e. The number of likely N-dealkylation sites (N-methyl/N-ethyl adjacent to an activating group) is 1. The summed E-state index contributed by atoms with van der Waals surface area (Å²) in [5, 5.41) is 10.1. The van der Waals surface area contributed by atoms with Gasteiger partial charge in [0, 0.05) is 44.0 Å². The number of likely N-dealkylation sites (tertiary alicyclic amines) is 1. The van der Waals surface area contributed by atoms with E-state index in [9.17, 15) is 9.59 Å². The van der Waals surface area contributed by atoms with Crippen LogP contribution in [0.1, 0.15) is 49.4 Å². The van der Waals surface area contributed by atoms with Crippen molar-refractivity contribution in [1.29, 1.82) is 0 Å². The van der Waals surface area contributed by atoms with Crippen molar-refractivity contribution in [3.63, 3.8) is 0 Å². The van der Waals surface area contributed by atoms with E-state index in [0.29, 0.717) is 43.5 Å². The molecule has 1 fully saturated rings. The van der Waals surface area contributed by atoms with Gasteiger partial charge in [-0.15, -0.1) is 0 Å². The first kappa shape index (κ1) is 21.1. The lowest BCUT2D eigenvalue weighted by Crippen LogP contribution is -2.42. The van der Waals surface area contributed by atoms with Crippen LogP contribution >= 0.6 is 0 Å². The van der Waals surface area contributed by atoms with Crippen molar-refractivity contribution in [3.05, 3.63) is 42.1 Å². The number of furan rings is 1. The number of amides is 2. The summed E-state index contributed by atoms with van der Waals surface area (Å²) in [5.74, 6) is 1.32. The molecule has 1 aliphatic heterocycles. The Morgan fingerprint density at radius 1 is 1.24 bits per heavy atom. The van der Waals surface area contributed by atoms with Gasteiger partial charge < -0.3 is 15.1 Å². The van der Waals surface area contributed by atoms with Crippen LogP contribution in [0.25, 0.3) is 0 Å². The second-order valence-electron chi connectivity index (χ2n) is 8.13. The lowest BCUT2D eigenvalue weighted by molar-refractivity contribution is -0.122. The molecule has 8 nitrogen and oxygen atoms in total. The minimum atomic E-state index is -0.219. The second kappa shape index (κ2) is 9.73. The van der Waals surface area contributed by atoms with Crippen LogP contribution < -0.4 is 10.6 Å². The highest BCUT2D eigenvalue weighted by Crippen LogP contribution is 2.24. The zero-order valence-electron chi connectivity index (χ0n) is 17.4. The van der Waals surface area contributed by atoms with Gasteiger partial charge in [-0.25, -0.2) is 0 Å². The Morgan fingerprint density at radius 3 is 2.76 bits per heavy atom.